The minimum absolute atomic E-state index is 0.118. The molecule has 1 heteroatoms. The largest absolute Gasteiger partial charge is 0.309 e. The van der Waals surface area contributed by atoms with Gasteiger partial charge in [0.25, 0.3) is 0 Å². The Bertz CT molecular complexity index is 3360. The minimum Gasteiger partial charge on any atom is -0.309 e. The molecule has 1 aliphatic carbocycles. The Morgan fingerprint density at radius 1 is 0.355 bits per heavy atom. The van der Waals surface area contributed by atoms with Crippen LogP contribution in [0.5, 0.6) is 0 Å². The number of para-hydroxylation sites is 2. The second kappa shape index (κ2) is 14.5. The molecule has 0 N–H and O–H groups in total. The van der Waals surface area contributed by atoms with Crippen molar-refractivity contribution in [1.29, 1.82) is 0 Å². The standard InChI is InChI=1S/C61H49N/c1-60(2,3)54-31-16-18-33-56(54)62(57-39-38-43(40-20-7-6-8-21-40)58-52-27-13-15-30-53(52)61(4,5)59(57)58)55-32-17-14-26-51(55)50-37-36-49(45-24-11-12-25-46(45)50)47-29-19-28-44-42-23-10-9-22-41(42)34-35-48(44)47/h6-39H,1-5H3. The van der Waals surface area contributed by atoms with Crippen molar-refractivity contribution in [3.63, 3.8) is 0 Å². The van der Waals surface area contributed by atoms with E-state index < -0.39 is 0 Å². The Labute approximate surface area is 365 Å². The molecule has 10 aromatic rings. The highest BCUT2D eigenvalue weighted by atomic mass is 15.2. The first kappa shape index (κ1) is 37.8. The van der Waals surface area contributed by atoms with Crippen molar-refractivity contribution in [2.45, 2.75) is 45.4 Å². The van der Waals surface area contributed by atoms with E-state index in [0.29, 0.717) is 0 Å². The summed E-state index contributed by atoms with van der Waals surface area (Å²) in [5, 5.41) is 7.57. The second-order valence-corrected chi connectivity index (χ2v) is 18.4. The third kappa shape index (κ3) is 5.91. The van der Waals surface area contributed by atoms with Crippen LogP contribution in [0.3, 0.4) is 0 Å². The minimum atomic E-state index is -0.270. The zero-order valence-electron chi connectivity index (χ0n) is 36.1. The predicted octanol–water partition coefficient (Wildman–Crippen LogP) is 17.2. The van der Waals surface area contributed by atoms with Crippen LogP contribution in [0.1, 0.15) is 51.3 Å². The molecule has 0 amide bonds. The molecule has 0 saturated heterocycles. The zero-order chi connectivity index (χ0) is 42.2. The van der Waals surface area contributed by atoms with Crippen molar-refractivity contribution in [1.82, 2.24) is 0 Å². The van der Waals surface area contributed by atoms with Gasteiger partial charge >= 0.3 is 0 Å². The van der Waals surface area contributed by atoms with Gasteiger partial charge in [0.05, 0.1) is 11.4 Å². The highest BCUT2D eigenvalue weighted by Gasteiger charge is 2.41. The van der Waals surface area contributed by atoms with Gasteiger partial charge in [-0.05, 0) is 112 Å². The molecule has 1 nitrogen and oxygen atoms in total. The molecule has 0 heterocycles. The maximum absolute atomic E-state index is 2.59. The summed E-state index contributed by atoms with van der Waals surface area (Å²) in [6.45, 7) is 11.8. The molecule has 0 radical (unpaired) electrons. The number of anilines is 3. The number of hydrogen-bond donors (Lipinski definition) is 0. The van der Waals surface area contributed by atoms with Gasteiger partial charge in [-0.25, -0.2) is 0 Å². The number of benzene rings is 10. The number of rotatable bonds is 6. The number of fused-ring (bicyclic) bond motifs is 7. The molecule has 0 aliphatic heterocycles. The van der Waals surface area contributed by atoms with E-state index >= 15 is 0 Å². The van der Waals surface area contributed by atoms with Crippen LogP contribution in [0.2, 0.25) is 0 Å². The quantitative estimate of drug-likeness (QED) is 0.152. The number of nitrogens with zero attached hydrogens (tertiary/aromatic N) is 1. The van der Waals surface area contributed by atoms with Gasteiger partial charge in [-0.1, -0.05) is 223 Å². The topological polar surface area (TPSA) is 3.24 Å². The summed E-state index contributed by atoms with van der Waals surface area (Å²) in [5.74, 6) is 0. The Morgan fingerprint density at radius 2 is 0.887 bits per heavy atom. The predicted molar refractivity (Wildman–Crippen MR) is 266 cm³/mol. The molecule has 11 rings (SSSR count). The summed E-state index contributed by atoms with van der Waals surface area (Å²) in [6, 6.07) is 76.6. The molecular weight excluding hydrogens is 747 g/mol. The third-order valence-electron chi connectivity index (χ3n) is 13.4. The molecule has 0 fully saturated rings. The Hall–Kier alpha value is -7.22. The molecule has 10 aromatic carbocycles. The average molecular weight is 796 g/mol. The van der Waals surface area contributed by atoms with Crippen molar-refractivity contribution in [2.24, 2.45) is 0 Å². The van der Waals surface area contributed by atoms with Crippen LogP contribution < -0.4 is 4.90 Å². The summed E-state index contributed by atoms with van der Waals surface area (Å²) in [5.41, 5.74) is 17.2. The van der Waals surface area contributed by atoms with Crippen LogP contribution in [-0.2, 0) is 10.8 Å². The van der Waals surface area contributed by atoms with Crippen LogP contribution in [0.15, 0.2) is 206 Å². The van der Waals surface area contributed by atoms with Gasteiger partial charge in [0, 0.05) is 16.7 Å². The van der Waals surface area contributed by atoms with Gasteiger partial charge in [0.15, 0.2) is 0 Å². The van der Waals surface area contributed by atoms with Crippen LogP contribution in [0.4, 0.5) is 17.1 Å². The van der Waals surface area contributed by atoms with Crippen LogP contribution >= 0.6 is 0 Å². The molecule has 0 bridgehead atoms. The summed E-state index contributed by atoms with van der Waals surface area (Å²) < 4.78 is 0. The summed E-state index contributed by atoms with van der Waals surface area (Å²) in [4.78, 5) is 2.59. The van der Waals surface area contributed by atoms with E-state index in [0.717, 1.165) is 5.69 Å². The van der Waals surface area contributed by atoms with E-state index in [1.807, 2.05) is 0 Å². The van der Waals surface area contributed by atoms with Crippen LogP contribution in [0.25, 0.3) is 76.8 Å². The molecular formula is C61H49N. The van der Waals surface area contributed by atoms with E-state index in [4.69, 9.17) is 0 Å². The summed E-state index contributed by atoms with van der Waals surface area (Å²) in [7, 11) is 0. The first-order chi connectivity index (χ1) is 30.2. The normalized spacial score (nSPS) is 13.0. The summed E-state index contributed by atoms with van der Waals surface area (Å²) in [6.07, 6.45) is 0. The fourth-order valence-corrected chi connectivity index (χ4v) is 10.6. The molecule has 0 unspecified atom stereocenters. The maximum atomic E-state index is 2.59. The lowest BCUT2D eigenvalue weighted by atomic mass is 9.79. The van der Waals surface area contributed by atoms with Gasteiger partial charge in [0.2, 0.25) is 0 Å². The van der Waals surface area contributed by atoms with Crippen molar-refractivity contribution in [3.8, 4) is 44.5 Å². The SMILES string of the molecule is CC(C)(C)c1ccccc1N(c1ccccc1-c1ccc(-c2cccc3c2ccc2ccccc23)c2ccccc12)c1ccc(-c2ccccc2)c2c1C(C)(C)c1ccccc1-2. The fraction of sp³-hybridized carbons (Fsp3) is 0.115. The van der Waals surface area contributed by atoms with Crippen LogP contribution in [-0.4, -0.2) is 0 Å². The molecule has 0 atom stereocenters. The second-order valence-electron chi connectivity index (χ2n) is 18.4. The highest BCUT2D eigenvalue weighted by molar-refractivity contribution is 6.16. The van der Waals surface area contributed by atoms with Gasteiger partial charge in [-0.15, -0.1) is 0 Å². The zero-order valence-corrected chi connectivity index (χ0v) is 36.1. The monoisotopic (exact) mass is 795 g/mol. The summed E-state index contributed by atoms with van der Waals surface area (Å²) >= 11 is 0. The first-order valence-electron chi connectivity index (χ1n) is 21.9. The van der Waals surface area contributed by atoms with Gasteiger partial charge in [-0.2, -0.15) is 0 Å². The van der Waals surface area contributed by atoms with E-state index in [1.165, 1.54) is 105 Å². The molecule has 0 aromatic heterocycles. The lowest BCUT2D eigenvalue weighted by molar-refractivity contribution is 0.591. The molecule has 0 spiro atoms. The van der Waals surface area contributed by atoms with E-state index in [1.54, 1.807) is 0 Å². The van der Waals surface area contributed by atoms with Gasteiger partial charge in [0.1, 0.15) is 0 Å². The van der Waals surface area contributed by atoms with Gasteiger partial charge in [-0.3, -0.25) is 0 Å². The van der Waals surface area contributed by atoms with Gasteiger partial charge < -0.3 is 4.90 Å². The Kier molecular flexibility index (Phi) is 8.81. The Morgan fingerprint density at radius 3 is 1.65 bits per heavy atom. The van der Waals surface area contributed by atoms with Crippen molar-refractivity contribution < 1.29 is 0 Å². The van der Waals surface area contributed by atoms with Crippen molar-refractivity contribution in [3.05, 3.63) is 223 Å². The highest BCUT2D eigenvalue weighted by Crippen LogP contribution is 2.58. The van der Waals surface area contributed by atoms with Crippen LogP contribution in [0, 0.1) is 0 Å². The Balaban J connectivity index is 1.18. The maximum Gasteiger partial charge on any atom is 0.0540 e. The lowest BCUT2D eigenvalue weighted by Crippen LogP contribution is -2.23. The molecule has 0 saturated carbocycles. The third-order valence-corrected chi connectivity index (χ3v) is 13.4. The first-order valence-corrected chi connectivity index (χ1v) is 21.9. The lowest BCUT2D eigenvalue weighted by Gasteiger charge is -2.36. The van der Waals surface area contributed by atoms with Crippen molar-refractivity contribution in [2.75, 3.05) is 4.90 Å². The average Bonchev–Trinajstić information content (AvgIpc) is 3.55. The van der Waals surface area contributed by atoms with Crippen molar-refractivity contribution >= 4 is 49.4 Å². The van der Waals surface area contributed by atoms with E-state index in [-0.39, 0.29) is 10.8 Å². The smallest absolute Gasteiger partial charge is 0.0540 e. The molecule has 62 heavy (non-hydrogen) atoms. The fourth-order valence-electron chi connectivity index (χ4n) is 10.6. The molecule has 298 valence electrons. The van der Waals surface area contributed by atoms with E-state index in [9.17, 15) is 0 Å². The molecule has 1 aliphatic rings. The van der Waals surface area contributed by atoms with E-state index in [2.05, 4.69) is 246 Å². The number of hydrogen-bond acceptors (Lipinski definition) is 1.